The number of carbonyl (C=O) groups is 1. The molecular weight excluding hydrogens is 694 g/mol. The monoisotopic (exact) mass is 731 g/mol. The molecule has 2 fully saturated rings. The van der Waals surface area contributed by atoms with E-state index in [1.807, 2.05) is 18.9 Å². The number of alkyl halides is 3. The first-order chi connectivity index (χ1) is 23.5. The fraction of sp³-hybridized carbons (Fsp3) is 0.343. The molecule has 5 rings (SSSR count). The number of benzene rings is 2. The standard InChI is InChI=1S/C33H32Cl2F3N7OS.C2H6/c34-22-9-14-27(26(35)18-22)43-30(28-15-13-24(47-28)12-6-20-4-7-21(8-5-20)33(36,37)38)25(19-41-32(40)42-23-10-11-23)29(39)31(46)44-45-16-2-1-3-17-45;1-2/h4-5,7-9,13-15,18,23H,1-3,10-11,16-17,19,39H2,(H,44,46)(H3,40,41,42);1-2H3/b29-25-,43-30?;. The maximum atomic E-state index is 13.5. The van der Waals surface area contributed by atoms with Crippen molar-refractivity contribution in [2.45, 2.75) is 58.2 Å². The van der Waals surface area contributed by atoms with Crippen LogP contribution in [0.1, 0.15) is 66.8 Å². The van der Waals surface area contributed by atoms with Crippen LogP contribution < -0.4 is 22.2 Å². The number of nitrogens with two attached hydrogens (primary N) is 2. The lowest BCUT2D eigenvalue weighted by molar-refractivity contribution is -0.137. The lowest BCUT2D eigenvalue weighted by Crippen LogP contribution is -2.47. The first-order valence-corrected chi connectivity index (χ1v) is 17.5. The van der Waals surface area contributed by atoms with Gasteiger partial charge in [0, 0.05) is 35.3 Å². The van der Waals surface area contributed by atoms with Crippen LogP contribution in [0.4, 0.5) is 18.9 Å². The molecule has 1 aliphatic carbocycles. The Morgan fingerprint density at radius 2 is 1.69 bits per heavy atom. The first-order valence-electron chi connectivity index (χ1n) is 15.9. The number of carbonyl (C=O) groups excluding carboxylic acids is 1. The Balaban J connectivity index is 0.00000265. The van der Waals surface area contributed by atoms with Crippen molar-refractivity contribution in [1.82, 2.24) is 15.8 Å². The van der Waals surface area contributed by atoms with Crippen LogP contribution in [0.5, 0.6) is 0 Å². The number of rotatable bonds is 8. The minimum absolute atomic E-state index is 0.0701. The Morgan fingerprint density at radius 1 is 1.00 bits per heavy atom. The summed E-state index contributed by atoms with van der Waals surface area (Å²) in [4.78, 5) is 24.1. The average Bonchev–Trinajstić information content (AvgIpc) is 3.77. The maximum absolute atomic E-state index is 13.5. The van der Waals surface area contributed by atoms with Crippen molar-refractivity contribution in [3.8, 4) is 11.8 Å². The smallest absolute Gasteiger partial charge is 0.394 e. The number of hydrogen-bond donors (Lipinski definition) is 4. The molecule has 0 bridgehead atoms. The number of nitrogens with zero attached hydrogens (tertiary/aromatic N) is 3. The number of aliphatic imine (C=N–C) groups is 2. The first kappa shape index (κ1) is 37.8. The van der Waals surface area contributed by atoms with Gasteiger partial charge in [-0.1, -0.05) is 55.3 Å². The van der Waals surface area contributed by atoms with Crippen molar-refractivity contribution < 1.29 is 18.0 Å². The molecule has 1 aliphatic heterocycles. The molecule has 14 heteroatoms. The van der Waals surface area contributed by atoms with E-state index in [0.717, 1.165) is 44.2 Å². The lowest BCUT2D eigenvalue weighted by atomic mass is 10.1. The fourth-order valence-corrected chi connectivity index (χ4v) is 5.98. The van der Waals surface area contributed by atoms with E-state index in [9.17, 15) is 18.0 Å². The van der Waals surface area contributed by atoms with Crippen molar-refractivity contribution in [1.29, 1.82) is 0 Å². The van der Waals surface area contributed by atoms with Gasteiger partial charge in [0.1, 0.15) is 5.70 Å². The van der Waals surface area contributed by atoms with Gasteiger partial charge >= 0.3 is 6.18 Å². The van der Waals surface area contributed by atoms with Crippen LogP contribution in [-0.4, -0.2) is 48.3 Å². The van der Waals surface area contributed by atoms with Crippen molar-refractivity contribution in [3.63, 3.8) is 0 Å². The number of piperidine rings is 1. The summed E-state index contributed by atoms with van der Waals surface area (Å²) in [5, 5.41) is 5.68. The van der Waals surface area contributed by atoms with E-state index in [1.54, 1.807) is 30.3 Å². The summed E-state index contributed by atoms with van der Waals surface area (Å²) in [6.45, 7) is 5.34. The summed E-state index contributed by atoms with van der Waals surface area (Å²) in [5.74, 6) is 5.61. The molecule has 0 atom stereocenters. The van der Waals surface area contributed by atoms with E-state index in [0.29, 0.717) is 50.4 Å². The quantitative estimate of drug-likeness (QED) is 0.0832. The molecule has 0 unspecified atom stereocenters. The summed E-state index contributed by atoms with van der Waals surface area (Å²) in [5.41, 5.74) is 16.3. The molecule has 2 aliphatic rings. The minimum Gasteiger partial charge on any atom is -0.394 e. The SMILES string of the molecule is CC.NC(=NC/C(C(=Nc1ccc(Cl)cc1Cl)c1ccc(C#Cc2ccc(C(F)(F)F)cc2)s1)=C(/N)C(=O)NN1CCCCC1)NC1CC1. The van der Waals surface area contributed by atoms with Crippen molar-refractivity contribution >= 4 is 57.8 Å². The predicted octanol–water partition coefficient (Wildman–Crippen LogP) is 7.42. The molecular formula is C35H38Cl2F3N7OS. The highest BCUT2D eigenvalue weighted by molar-refractivity contribution is 7.14. The van der Waals surface area contributed by atoms with Gasteiger partial charge in [-0.3, -0.25) is 10.2 Å². The summed E-state index contributed by atoms with van der Waals surface area (Å²) in [6.07, 6.45) is 0.554. The molecule has 0 radical (unpaired) electrons. The van der Waals surface area contributed by atoms with E-state index >= 15 is 0 Å². The zero-order chi connectivity index (χ0) is 35.6. The summed E-state index contributed by atoms with van der Waals surface area (Å²) < 4.78 is 38.9. The molecule has 3 aromatic rings. The van der Waals surface area contributed by atoms with Crippen LogP contribution in [0.25, 0.3) is 0 Å². The Hall–Kier alpha value is -4.02. The van der Waals surface area contributed by atoms with Gasteiger partial charge in [0.05, 0.1) is 38.3 Å². The van der Waals surface area contributed by atoms with Crippen LogP contribution in [-0.2, 0) is 11.0 Å². The van der Waals surface area contributed by atoms with E-state index in [-0.39, 0.29) is 29.3 Å². The van der Waals surface area contributed by atoms with Crippen LogP contribution in [0, 0.1) is 11.8 Å². The van der Waals surface area contributed by atoms with Crippen LogP contribution in [0.3, 0.4) is 0 Å². The number of thiophene rings is 1. The third-order valence-electron chi connectivity index (χ3n) is 7.33. The second-order valence-corrected chi connectivity index (χ2v) is 13.0. The van der Waals surface area contributed by atoms with Crippen LogP contribution >= 0.6 is 34.5 Å². The van der Waals surface area contributed by atoms with Crippen LogP contribution in [0.15, 0.2) is 75.9 Å². The Bertz CT molecular complexity index is 1770. The molecule has 1 amide bonds. The zero-order valence-electron chi connectivity index (χ0n) is 27.1. The second kappa shape index (κ2) is 17.6. The number of hydrazine groups is 1. The van der Waals surface area contributed by atoms with Gasteiger partial charge in [-0.25, -0.2) is 15.0 Å². The average molecular weight is 733 g/mol. The van der Waals surface area contributed by atoms with Crippen LogP contribution in [0.2, 0.25) is 10.0 Å². The van der Waals surface area contributed by atoms with Crippen molar-refractivity contribution in [2.75, 3.05) is 19.6 Å². The lowest BCUT2D eigenvalue weighted by Gasteiger charge is -2.27. The number of guanidine groups is 1. The number of hydrogen-bond acceptors (Lipinski definition) is 6. The third kappa shape index (κ3) is 11.3. The van der Waals surface area contributed by atoms with E-state index in [2.05, 4.69) is 27.6 Å². The highest BCUT2D eigenvalue weighted by atomic mass is 35.5. The molecule has 8 nitrogen and oxygen atoms in total. The molecule has 6 N–H and O–H groups in total. The Labute approximate surface area is 298 Å². The van der Waals surface area contributed by atoms with Gasteiger partial charge in [-0.05, 0) is 80.3 Å². The van der Waals surface area contributed by atoms with E-state index in [4.69, 9.17) is 39.7 Å². The highest BCUT2D eigenvalue weighted by Crippen LogP contribution is 2.32. The number of amides is 1. The van der Waals surface area contributed by atoms with Gasteiger partial charge in [0.15, 0.2) is 5.96 Å². The molecule has 260 valence electrons. The summed E-state index contributed by atoms with van der Waals surface area (Å²) >= 11 is 13.9. The Kier molecular flexibility index (Phi) is 13.6. The third-order valence-corrected chi connectivity index (χ3v) is 8.88. The largest absolute Gasteiger partial charge is 0.416 e. The molecule has 49 heavy (non-hydrogen) atoms. The van der Waals surface area contributed by atoms with E-state index < -0.39 is 17.6 Å². The summed E-state index contributed by atoms with van der Waals surface area (Å²) in [6, 6.07) is 13.3. The topological polar surface area (TPSA) is 121 Å². The Morgan fingerprint density at radius 3 is 2.33 bits per heavy atom. The van der Waals surface area contributed by atoms with Crippen molar-refractivity contribution in [2.24, 2.45) is 21.5 Å². The second-order valence-electron chi connectivity index (χ2n) is 11.0. The molecule has 1 saturated heterocycles. The molecule has 0 spiro atoms. The molecule has 2 heterocycles. The highest BCUT2D eigenvalue weighted by Gasteiger charge is 2.30. The summed E-state index contributed by atoms with van der Waals surface area (Å²) in [7, 11) is 0. The van der Waals surface area contributed by atoms with E-state index in [1.165, 1.54) is 23.5 Å². The number of halogens is 5. The fourth-order valence-electron chi connectivity index (χ4n) is 4.65. The molecule has 2 aromatic carbocycles. The van der Waals surface area contributed by atoms with Gasteiger partial charge in [0.25, 0.3) is 5.91 Å². The van der Waals surface area contributed by atoms with Crippen molar-refractivity contribution in [3.05, 3.63) is 96.8 Å². The van der Waals surface area contributed by atoms with Gasteiger partial charge in [-0.2, -0.15) is 13.2 Å². The van der Waals surface area contributed by atoms with Gasteiger partial charge < -0.3 is 16.8 Å². The molecule has 1 saturated carbocycles. The van der Waals surface area contributed by atoms with Gasteiger partial charge in [0.2, 0.25) is 0 Å². The molecule has 1 aromatic heterocycles. The predicted molar refractivity (Wildman–Crippen MR) is 193 cm³/mol. The minimum atomic E-state index is -4.43. The maximum Gasteiger partial charge on any atom is 0.416 e. The zero-order valence-corrected chi connectivity index (χ0v) is 29.5. The number of nitrogens with one attached hydrogen (secondary N) is 2. The van der Waals surface area contributed by atoms with Gasteiger partial charge in [-0.15, -0.1) is 11.3 Å². The normalized spacial score (nSPS) is 16.1.